The van der Waals surface area contributed by atoms with Crippen molar-refractivity contribution in [3.63, 3.8) is 0 Å². The maximum atomic E-state index is 12.9. The van der Waals surface area contributed by atoms with Crippen molar-refractivity contribution in [1.29, 1.82) is 0 Å². The van der Waals surface area contributed by atoms with Crippen LogP contribution in [0.25, 0.3) is 0 Å². The molecule has 2 aromatic carbocycles. The van der Waals surface area contributed by atoms with Crippen LogP contribution >= 0.6 is 11.6 Å². The monoisotopic (exact) mass is 332 g/mol. The molecule has 0 radical (unpaired) electrons. The molecule has 0 spiro atoms. The van der Waals surface area contributed by atoms with Crippen molar-refractivity contribution >= 4 is 23.2 Å². The van der Waals surface area contributed by atoms with Crippen LogP contribution in [0.5, 0.6) is 11.5 Å². The molecule has 0 amide bonds. The highest BCUT2D eigenvalue weighted by molar-refractivity contribution is 6.31. The van der Waals surface area contributed by atoms with E-state index in [0.717, 1.165) is 0 Å². The molecule has 0 aromatic heterocycles. The van der Waals surface area contributed by atoms with Crippen LogP contribution in [0.15, 0.2) is 36.4 Å². The Balaban J connectivity index is 2.65. The van der Waals surface area contributed by atoms with Crippen molar-refractivity contribution < 1.29 is 19.1 Å². The van der Waals surface area contributed by atoms with E-state index in [4.69, 9.17) is 21.1 Å². The lowest BCUT2D eigenvalue weighted by atomic mass is 9.94. The molecule has 0 aliphatic heterocycles. The Morgan fingerprint density at radius 1 is 1.09 bits per heavy atom. The van der Waals surface area contributed by atoms with Gasteiger partial charge in [-0.15, -0.1) is 0 Å². The molecule has 4 nitrogen and oxygen atoms in total. The Kier molecular flexibility index (Phi) is 5.40. The van der Waals surface area contributed by atoms with Crippen LogP contribution in [-0.4, -0.2) is 25.8 Å². The van der Waals surface area contributed by atoms with Gasteiger partial charge in [0, 0.05) is 17.0 Å². The van der Waals surface area contributed by atoms with Crippen molar-refractivity contribution in [2.24, 2.45) is 0 Å². The molecule has 0 saturated heterocycles. The highest BCUT2D eigenvalue weighted by atomic mass is 35.5. The fraction of sp³-hybridized carbons (Fsp3) is 0.222. The Morgan fingerprint density at radius 3 is 2.39 bits per heavy atom. The van der Waals surface area contributed by atoms with Gasteiger partial charge in [0.05, 0.1) is 19.8 Å². The molecular formula is C18H17ClO4. The largest absolute Gasteiger partial charge is 0.493 e. The van der Waals surface area contributed by atoms with Crippen LogP contribution in [0.3, 0.4) is 0 Å². The number of benzene rings is 2. The Labute approximate surface area is 140 Å². The van der Waals surface area contributed by atoms with E-state index in [1.165, 1.54) is 21.1 Å². The van der Waals surface area contributed by atoms with Gasteiger partial charge in [-0.3, -0.25) is 9.59 Å². The maximum absolute atomic E-state index is 12.9. The van der Waals surface area contributed by atoms with E-state index in [1.807, 2.05) is 0 Å². The smallest absolute Gasteiger partial charge is 0.197 e. The molecule has 23 heavy (non-hydrogen) atoms. The lowest BCUT2D eigenvalue weighted by Gasteiger charge is -2.16. The zero-order valence-corrected chi connectivity index (χ0v) is 13.9. The first-order valence-electron chi connectivity index (χ1n) is 7.01. The Bertz CT molecular complexity index is 753. The van der Waals surface area contributed by atoms with Crippen LogP contribution in [0.1, 0.15) is 28.4 Å². The van der Waals surface area contributed by atoms with Crippen molar-refractivity contribution in [3.8, 4) is 11.5 Å². The molecule has 0 unspecified atom stereocenters. The number of hydrogen-bond donors (Lipinski definition) is 0. The SMILES string of the molecule is COc1ccc(CC(C)=O)c(C(=O)c2cccc(Cl)c2)c1OC. The third-order valence-corrected chi connectivity index (χ3v) is 3.62. The van der Waals surface area contributed by atoms with Gasteiger partial charge in [0.25, 0.3) is 0 Å². The van der Waals surface area contributed by atoms with E-state index in [0.29, 0.717) is 33.2 Å². The summed E-state index contributed by atoms with van der Waals surface area (Å²) in [5.74, 6) is 0.443. The molecule has 2 aromatic rings. The van der Waals surface area contributed by atoms with Crippen molar-refractivity contribution in [3.05, 3.63) is 58.1 Å². The summed E-state index contributed by atoms with van der Waals surface area (Å²) in [6, 6.07) is 10.0. The van der Waals surface area contributed by atoms with Crippen LogP contribution in [0, 0.1) is 0 Å². The number of carbonyl (C=O) groups is 2. The molecule has 0 aliphatic carbocycles. The lowest BCUT2D eigenvalue weighted by molar-refractivity contribution is -0.116. The fourth-order valence-electron chi connectivity index (χ4n) is 2.41. The summed E-state index contributed by atoms with van der Waals surface area (Å²) in [7, 11) is 2.96. The number of methoxy groups -OCH3 is 2. The quantitative estimate of drug-likeness (QED) is 0.756. The van der Waals surface area contributed by atoms with E-state index in [-0.39, 0.29) is 18.0 Å². The number of ketones is 2. The zero-order chi connectivity index (χ0) is 17.0. The van der Waals surface area contributed by atoms with Crippen LogP contribution in [0.2, 0.25) is 5.02 Å². The van der Waals surface area contributed by atoms with E-state index in [1.54, 1.807) is 36.4 Å². The molecule has 0 fully saturated rings. The van der Waals surface area contributed by atoms with Crippen molar-refractivity contribution in [1.82, 2.24) is 0 Å². The average Bonchev–Trinajstić information content (AvgIpc) is 2.53. The number of hydrogen-bond acceptors (Lipinski definition) is 4. The highest BCUT2D eigenvalue weighted by Gasteiger charge is 2.23. The van der Waals surface area contributed by atoms with Gasteiger partial charge in [-0.05, 0) is 30.7 Å². The minimum atomic E-state index is -0.264. The lowest BCUT2D eigenvalue weighted by Crippen LogP contribution is -2.11. The summed E-state index contributed by atoms with van der Waals surface area (Å²) in [5, 5.41) is 0.464. The average molecular weight is 333 g/mol. The molecule has 2 rings (SSSR count). The van der Waals surface area contributed by atoms with Gasteiger partial charge >= 0.3 is 0 Å². The molecule has 0 aliphatic rings. The molecule has 0 N–H and O–H groups in total. The predicted molar refractivity (Wildman–Crippen MR) is 88.8 cm³/mol. The van der Waals surface area contributed by atoms with Crippen molar-refractivity contribution in [2.75, 3.05) is 14.2 Å². The van der Waals surface area contributed by atoms with Crippen molar-refractivity contribution in [2.45, 2.75) is 13.3 Å². The summed E-state index contributed by atoms with van der Waals surface area (Å²) in [6.45, 7) is 1.48. The summed E-state index contributed by atoms with van der Waals surface area (Å²) < 4.78 is 10.6. The molecule has 0 saturated carbocycles. The molecule has 0 bridgehead atoms. The minimum absolute atomic E-state index is 0.0441. The topological polar surface area (TPSA) is 52.6 Å². The first-order chi connectivity index (χ1) is 11.0. The minimum Gasteiger partial charge on any atom is -0.493 e. The molecular weight excluding hydrogens is 316 g/mol. The zero-order valence-electron chi connectivity index (χ0n) is 13.2. The fourth-order valence-corrected chi connectivity index (χ4v) is 2.60. The number of Topliss-reactive ketones (excluding diaryl/α,β-unsaturated/α-hetero) is 1. The Hall–Kier alpha value is -2.33. The Morgan fingerprint density at radius 2 is 1.83 bits per heavy atom. The maximum Gasteiger partial charge on any atom is 0.197 e. The molecule has 5 heteroatoms. The van der Waals surface area contributed by atoms with Gasteiger partial charge in [0.15, 0.2) is 17.3 Å². The summed E-state index contributed by atoms with van der Waals surface area (Å²) in [4.78, 5) is 24.5. The number of halogens is 1. The van der Waals surface area contributed by atoms with Crippen LogP contribution in [-0.2, 0) is 11.2 Å². The second-order valence-electron chi connectivity index (χ2n) is 5.05. The van der Waals surface area contributed by atoms with E-state index in [2.05, 4.69) is 0 Å². The van der Waals surface area contributed by atoms with E-state index < -0.39 is 0 Å². The number of ether oxygens (including phenoxy) is 2. The third kappa shape index (κ3) is 3.71. The second kappa shape index (κ2) is 7.29. The number of carbonyl (C=O) groups excluding carboxylic acids is 2. The predicted octanol–water partition coefficient (Wildman–Crippen LogP) is 3.72. The third-order valence-electron chi connectivity index (χ3n) is 3.39. The molecule has 0 heterocycles. The van der Waals surface area contributed by atoms with Crippen LogP contribution in [0.4, 0.5) is 0 Å². The molecule has 0 atom stereocenters. The summed E-state index contributed by atoms with van der Waals surface area (Å²) in [5.41, 5.74) is 1.35. The highest BCUT2D eigenvalue weighted by Crippen LogP contribution is 2.35. The van der Waals surface area contributed by atoms with Crippen LogP contribution < -0.4 is 9.47 Å². The van der Waals surface area contributed by atoms with E-state index >= 15 is 0 Å². The van der Waals surface area contributed by atoms with Gasteiger partial charge < -0.3 is 9.47 Å². The summed E-state index contributed by atoms with van der Waals surface area (Å²) >= 11 is 5.97. The van der Waals surface area contributed by atoms with Gasteiger partial charge in [0.1, 0.15) is 5.78 Å². The van der Waals surface area contributed by atoms with Gasteiger partial charge in [-0.2, -0.15) is 0 Å². The van der Waals surface area contributed by atoms with Gasteiger partial charge in [-0.1, -0.05) is 29.8 Å². The first-order valence-corrected chi connectivity index (χ1v) is 7.39. The first kappa shape index (κ1) is 17.0. The molecule has 120 valence electrons. The summed E-state index contributed by atoms with van der Waals surface area (Å²) in [6.07, 6.45) is 0.141. The normalized spacial score (nSPS) is 10.3. The van der Waals surface area contributed by atoms with E-state index in [9.17, 15) is 9.59 Å². The van der Waals surface area contributed by atoms with Gasteiger partial charge in [-0.25, -0.2) is 0 Å². The second-order valence-corrected chi connectivity index (χ2v) is 5.49. The van der Waals surface area contributed by atoms with Gasteiger partial charge in [0.2, 0.25) is 0 Å². The number of rotatable bonds is 6. The standard InChI is InChI=1S/C18H17ClO4/c1-11(20)9-12-7-8-15(22-2)18(23-3)16(12)17(21)13-5-4-6-14(19)10-13/h4-8,10H,9H2,1-3H3.